The SMILES string of the molecule is COc1cc(-c2ccc3nc(Nc4ccccc4)sc3n2)cnc1OC. The van der Waals surface area contributed by atoms with Gasteiger partial charge in [-0.25, -0.2) is 15.0 Å². The van der Waals surface area contributed by atoms with Gasteiger partial charge in [-0.2, -0.15) is 0 Å². The first-order valence-corrected chi connectivity index (χ1v) is 8.76. The van der Waals surface area contributed by atoms with Crippen LogP contribution in [0, 0.1) is 0 Å². The van der Waals surface area contributed by atoms with Crippen molar-refractivity contribution in [2.24, 2.45) is 0 Å². The number of para-hydroxylation sites is 1. The Morgan fingerprint density at radius 1 is 0.962 bits per heavy atom. The van der Waals surface area contributed by atoms with E-state index in [0.717, 1.165) is 32.4 Å². The Kier molecular flexibility index (Phi) is 4.37. The van der Waals surface area contributed by atoms with E-state index in [4.69, 9.17) is 14.5 Å². The summed E-state index contributed by atoms with van der Waals surface area (Å²) in [5.74, 6) is 1.02. The number of nitrogens with one attached hydrogen (secondary N) is 1. The molecule has 0 unspecified atom stereocenters. The molecule has 6 nitrogen and oxygen atoms in total. The predicted octanol–water partition coefficient (Wildman–Crippen LogP) is 4.51. The maximum absolute atomic E-state index is 5.32. The summed E-state index contributed by atoms with van der Waals surface area (Å²) in [4.78, 5) is 14.4. The fraction of sp³-hybridized carbons (Fsp3) is 0.105. The highest BCUT2D eigenvalue weighted by molar-refractivity contribution is 7.21. The molecule has 4 aromatic rings. The zero-order valence-corrected chi connectivity index (χ0v) is 15.1. The Balaban J connectivity index is 1.67. The Morgan fingerprint density at radius 2 is 1.81 bits per heavy atom. The van der Waals surface area contributed by atoms with Gasteiger partial charge in [0.15, 0.2) is 10.9 Å². The number of hydrogen-bond donors (Lipinski definition) is 1. The standard InChI is InChI=1S/C19H16N4O2S/c1-24-16-10-12(11-20-17(16)25-2)14-8-9-15-18(22-14)26-19(23-15)21-13-6-4-3-5-7-13/h3-11H,1-2H3,(H,21,23). The van der Waals surface area contributed by atoms with Crippen molar-refractivity contribution in [2.45, 2.75) is 0 Å². The lowest BCUT2D eigenvalue weighted by atomic mass is 10.2. The number of ether oxygens (including phenoxy) is 2. The van der Waals surface area contributed by atoms with Crippen LogP contribution in [-0.2, 0) is 0 Å². The van der Waals surface area contributed by atoms with E-state index in [1.54, 1.807) is 20.4 Å². The van der Waals surface area contributed by atoms with E-state index in [9.17, 15) is 0 Å². The number of anilines is 2. The molecule has 1 N–H and O–H groups in total. The van der Waals surface area contributed by atoms with Crippen LogP contribution in [-0.4, -0.2) is 29.2 Å². The van der Waals surface area contributed by atoms with Gasteiger partial charge in [-0.1, -0.05) is 29.5 Å². The average molecular weight is 364 g/mol. The van der Waals surface area contributed by atoms with Crippen LogP contribution in [0.4, 0.5) is 10.8 Å². The van der Waals surface area contributed by atoms with Gasteiger partial charge in [0.1, 0.15) is 10.3 Å². The van der Waals surface area contributed by atoms with E-state index < -0.39 is 0 Å². The van der Waals surface area contributed by atoms with Crippen LogP contribution >= 0.6 is 11.3 Å². The van der Waals surface area contributed by atoms with Crippen molar-refractivity contribution in [3.05, 3.63) is 54.7 Å². The number of methoxy groups -OCH3 is 2. The molecule has 1 aromatic carbocycles. The molecular formula is C19H16N4O2S. The maximum atomic E-state index is 5.32. The van der Waals surface area contributed by atoms with Gasteiger partial charge < -0.3 is 14.8 Å². The summed E-state index contributed by atoms with van der Waals surface area (Å²) in [5, 5.41) is 4.11. The highest BCUT2D eigenvalue weighted by Crippen LogP contribution is 2.32. The van der Waals surface area contributed by atoms with Gasteiger partial charge in [-0.05, 0) is 30.3 Å². The van der Waals surface area contributed by atoms with Crippen molar-refractivity contribution in [1.29, 1.82) is 0 Å². The van der Waals surface area contributed by atoms with E-state index in [2.05, 4.69) is 15.3 Å². The first-order chi connectivity index (χ1) is 12.8. The zero-order chi connectivity index (χ0) is 17.9. The second kappa shape index (κ2) is 6.97. The van der Waals surface area contributed by atoms with Crippen LogP contribution in [0.2, 0.25) is 0 Å². The Bertz CT molecular complexity index is 1050. The Morgan fingerprint density at radius 3 is 2.58 bits per heavy atom. The van der Waals surface area contributed by atoms with Crippen LogP contribution in [0.5, 0.6) is 11.6 Å². The molecule has 7 heteroatoms. The van der Waals surface area contributed by atoms with Gasteiger partial charge in [-0.15, -0.1) is 0 Å². The van der Waals surface area contributed by atoms with Crippen molar-refractivity contribution in [3.8, 4) is 22.9 Å². The van der Waals surface area contributed by atoms with E-state index in [1.165, 1.54) is 11.3 Å². The predicted molar refractivity (Wildman–Crippen MR) is 103 cm³/mol. The first-order valence-electron chi connectivity index (χ1n) is 7.95. The normalized spacial score (nSPS) is 10.7. The van der Waals surface area contributed by atoms with Crippen LogP contribution in [0.1, 0.15) is 0 Å². The van der Waals surface area contributed by atoms with E-state index in [-0.39, 0.29) is 0 Å². The maximum Gasteiger partial charge on any atom is 0.256 e. The van der Waals surface area contributed by atoms with Gasteiger partial charge in [-0.3, -0.25) is 0 Å². The zero-order valence-electron chi connectivity index (χ0n) is 14.3. The van der Waals surface area contributed by atoms with Crippen molar-refractivity contribution in [2.75, 3.05) is 19.5 Å². The van der Waals surface area contributed by atoms with Crippen LogP contribution in [0.25, 0.3) is 21.6 Å². The summed E-state index contributed by atoms with van der Waals surface area (Å²) in [5.41, 5.74) is 3.51. The third kappa shape index (κ3) is 3.16. The van der Waals surface area contributed by atoms with E-state index in [0.29, 0.717) is 11.6 Å². The number of hydrogen-bond acceptors (Lipinski definition) is 7. The van der Waals surface area contributed by atoms with Crippen molar-refractivity contribution >= 4 is 32.5 Å². The van der Waals surface area contributed by atoms with Crippen molar-refractivity contribution in [3.63, 3.8) is 0 Å². The Labute approximate surface area is 154 Å². The molecule has 130 valence electrons. The monoisotopic (exact) mass is 364 g/mol. The molecule has 0 aliphatic carbocycles. The number of benzene rings is 1. The minimum Gasteiger partial charge on any atom is -0.491 e. The first kappa shape index (κ1) is 16.3. The molecule has 0 aliphatic rings. The van der Waals surface area contributed by atoms with Gasteiger partial charge in [0.2, 0.25) is 0 Å². The molecule has 0 saturated heterocycles. The van der Waals surface area contributed by atoms with Crippen LogP contribution < -0.4 is 14.8 Å². The lowest BCUT2D eigenvalue weighted by Gasteiger charge is -2.08. The minimum atomic E-state index is 0.449. The van der Waals surface area contributed by atoms with E-state index >= 15 is 0 Å². The largest absolute Gasteiger partial charge is 0.491 e. The highest BCUT2D eigenvalue weighted by Gasteiger charge is 2.11. The highest BCUT2D eigenvalue weighted by atomic mass is 32.1. The lowest BCUT2D eigenvalue weighted by molar-refractivity contribution is 0.343. The lowest BCUT2D eigenvalue weighted by Crippen LogP contribution is -1.94. The van der Waals surface area contributed by atoms with E-state index in [1.807, 2.05) is 48.5 Å². The smallest absolute Gasteiger partial charge is 0.256 e. The number of aromatic nitrogens is 3. The third-order valence-electron chi connectivity index (χ3n) is 3.81. The average Bonchev–Trinajstić information content (AvgIpc) is 3.09. The second-order valence-corrected chi connectivity index (χ2v) is 6.44. The molecule has 0 radical (unpaired) electrons. The second-order valence-electron chi connectivity index (χ2n) is 5.47. The molecule has 0 aliphatic heterocycles. The van der Waals surface area contributed by atoms with Gasteiger partial charge in [0.25, 0.3) is 5.88 Å². The third-order valence-corrected chi connectivity index (χ3v) is 4.69. The molecule has 0 spiro atoms. The molecule has 0 fully saturated rings. The molecule has 0 atom stereocenters. The summed E-state index contributed by atoms with van der Waals surface area (Å²) >= 11 is 1.51. The molecule has 0 saturated carbocycles. The number of rotatable bonds is 5. The van der Waals surface area contributed by atoms with Gasteiger partial charge >= 0.3 is 0 Å². The van der Waals surface area contributed by atoms with Crippen molar-refractivity contribution in [1.82, 2.24) is 15.0 Å². The fourth-order valence-corrected chi connectivity index (χ4v) is 3.41. The summed E-state index contributed by atoms with van der Waals surface area (Å²) < 4.78 is 10.5. The summed E-state index contributed by atoms with van der Waals surface area (Å²) in [6, 6.07) is 15.7. The number of pyridine rings is 2. The fourth-order valence-electron chi connectivity index (χ4n) is 2.55. The van der Waals surface area contributed by atoms with Crippen LogP contribution in [0.15, 0.2) is 54.7 Å². The van der Waals surface area contributed by atoms with Gasteiger partial charge in [0.05, 0.1) is 19.9 Å². The quantitative estimate of drug-likeness (QED) is 0.562. The van der Waals surface area contributed by atoms with Crippen molar-refractivity contribution < 1.29 is 9.47 Å². The Hall–Kier alpha value is -3.19. The summed E-state index contributed by atoms with van der Waals surface area (Å²) in [6.07, 6.45) is 1.72. The summed E-state index contributed by atoms with van der Waals surface area (Å²) in [7, 11) is 3.15. The number of nitrogens with zero attached hydrogens (tertiary/aromatic N) is 3. The molecule has 0 amide bonds. The number of thiazole rings is 1. The molecule has 0 bridgehead atoms. The molecule has 26 heavy (non-hydrogen) atoms. The van der Waals surface area contributed by atoms with Crippen LogP contribution in [0.3, 0.4) is 0 Å². The molecular weight excluding hydrogens is 348 g/mol. The molecule has 4 rings (SSSR count). The summed E-state index contributed by atoms with van der Waals surface area (Å²) in [6.45, 7) is 0. The number of fused-ring (bicyclic) bond motifs is 1. The van der Waals surface area contributed by atoms with Gasteiger partial charge in [0, 0.05) is 17.4 Å². The minimum absolute atomic E-state index is 0.449. The topological polar surface area (TPSA) is 69.2 Å². The molecule has 3 aromatic heterocycles. The molecule has 3 heterocycles.